The average molecular weight is 246 g/mol. The lowest BCUT2D eigenvalue weighted by Crippen LogP contribution is -1.89. The Morgan fingerprint density at radius 1 is 1.06 bits per heavy atom. The topological polar surface area (TPSA) is 9.23 Å². The molecule has 2 rings (SSSR count). The van der Waals surface area contributed by atoms with Gasteiger partial charge in [-0.3, -0.25) is 0 Å². The molecule has 2 aromatic rings. The van der Waals surface area contributed by atoms with Crippen molar-refractivity contribution in [2.45, 2.75) is 24.7 Å². The first-order valence-corrected chi connectivity index (χ1v) is 7.04. The Morgan fingerprint density at radius 3 is 2.41 bits per heavy atom. The van der Waals surface area contributed by atoms with Crippen molar-refractivity contribution in [1.29, 1.82) is 0 Å². The van der Waals surface area contributed by atoms with Crippen molar-refractivity contribution in [2.24, 2.45) is 0 Å². The molecule has 0 aromatic heterocycles. The molecule has 90 valence electrons. The zero-order valence-electron chi connectivity index (χ0n) is 10.8. The summed E-state index contributed by atoms with van der Waals surface area (Å²) < 4.78 is 5.40. The van der Waals surface area contributed by atoms with E-state index < -0.39 is 0 Å². The minimum absolute atomic E-state index is 0.569. The summed E-state index contributed by atoms with van der Waals surface area (Å²) in [5.41, 5.74) is 1.38. The van der Waals surface area contributed by atoms with E-state index in [2.05, 4.69) is 50.4 Å². The molecular weight excluding hydrogens is 228 g/mol. The molecular formula is C15H18OS. The van der Waals surface area contributed by atoms with E-state index in [-0.39, 0.29) is 0 Å². The maximum atomic E-state index is 5.40. The van der Waals surface area contributed by atoms with Crippen molar-refractivity contribution in [3.63, 3.8) is 0 Å². The Bertz CT molecular complexity index is 532. The van der Waals surface area contributed by atoms with Crippen LogP contribution in [0.3, 0.4) is 0 Å². The van der Waals surface area contributed by atoms with Crippen molar-refractivity contribution in [1.82, 2.24) is 0 Å². The number of hydrogen-bond donors (Lipinski definition) is 0. The third kappa shape index (κ3) is 2.42. The highest BCUT2D eigenvalue weighted by Crippen LogP contribution is 2.33. The van der Waals surface area contributed by atoms with Crippen molar-refractivity contribution >= 4 is 22.5 Å². The molecule has 0 radical (unpaired) electrons. The van der Waals surface area contributed by atoms with Gasteiger partial charge in [0, 0.05) is 4.90 Å². The SMILES string of the molecule is COc1cc2ccc(C(C)C)cc2cc1SC. The van der Waals surface area contributed by atoms with Gasteiger partial charge in [-0.1, -0.05) is 32.0 Å². The van der Waals surface area contributed by atoms with Crippen LogP contribution in [0.5, 0.6) is 5.75 Å². The van der Waals surface area contributed by atoms with Gasteiger partial charge in [-0.05, 0) is 40.6 Å². The van der Waals surface area contributed by atoms with Gasteiger partial charge in [-0.15, -0.1) is 11.8 Å². The second-order valence-corrected chi connectivity index (χ2v) is 5.32. The highest BCUT2D eigenvalue weighted by molar-refractivity contribution is 7.98. The first-order chi connectivity index (χ1) is 8.15. The molecule has 2 heteroatoms. The van der Waals surface area contributed by atoms with E-state index in [9.17, 15) is 0 Å². The predicted molar refractivity (Wildman–Crippen MR) is 76.4 cm³/mol. The van der Waals surface area contributed by atoms with Gasteiger partial charge in [0.15, 0.2) is 0 Å². The van der Waals surface area contributed by atoms with Crippen molar-refractivity contribution in [3.8, 4) is 5.75 Å². The molecule has 0 fully saturated rings. The summed E-state index contributed by atoms with van der Waals surface area (Å²) in [5, 5.41) is 2.53. The fourth-order valence-electron chi connectivity index (χ4n) is 1.95. The van der Waals surface area contributed by atoms with Gasteiger partial charge in [0.1, 0.15) is 5.75 Å². The van der Waals surface area contributed by atoms with Crippen LogP contribution < -0.4 is 4.74 Å². The standard InChI is InChI=1S/C15H18OS/c1-10(2)11-5-6-12-8-14(16-3)15(17-4)9-13(12)7-11/h5-10H,1-4H3. The molecule has 17 heavy (non-hydrogen) atoms. The largest absolute Gasteiger partial charge is 0.496 e. The van der Waals surface area contributed by atoms with E-state index in [0.29, 0.717) is 5.92 Å². The molecule has 0 amide bonds. The lowest BCUT2D eigenvalue weighted by Gasteiger charge is -2.11. The smallest absolute Gasteiger partial charge is 0.133 e. The second kappa shape index (κ2) is 5.01. The van der Waals surface area contributed by atoms with Crippen LogP contribution in [-0.4, -0.2) is 13.4 Å². The lowest BCUT2D eigenvalue weighted by molar-refractivity contribution is 0.405. The molecule has 0 saturated carbocycles. The molecule has 0 spiro atoms. The van der Waals surface area contributed by atoms with Crippen molar-refractivity contribution < 1.29 is 4.74 Å². The number of benzene rings is 2. The van der Waals surface area contributed by atoms with E-state index in [0.717, 1.165) is 5.75 Å². The van der Waals surface area contributed by atoms with Gasteiger partial charge in [0.2, 0.25) is 0 Å². The van der Waals surface area contributed by atoms with E-state index in [1.165, 1.54) is 21.2 Å². The highest BCUT2D eigenvalue weighted by atomic mass is 32.2. The lowest BCUT2D eigenvalue weighted by atomic mass is 9.99. The number of hydrogen-bond acceptors (Lipinski definition) is 2. The third-order valence-corrected chi connectivity index (χ3v) is 3.79. The summed E-state index contributed by atoms with van der Waals surface area (Å²) in [7, 11) is 1.73. The van der Waals surface area contributed by atoms with E-state index in [1.807, 2.05) is 0 Å². The summed E-state index contributed by atoms with van der Waals surface area (Å²) in [6.07, 6.45) is 2.08. The summed E-state index contributed by atoms with van der Waals surface area (Å²) in [6.45, 7) is 4.44. The maximum Gasteiger partial charge on any atom is 0.133 e. The van der Waals surface area contributed by atoms with Crippen LogP contribution in [0.25, 0.3) is 10.8 Å². The van der Waals surface area contributed by atoms with Gasteiger partial charge in [0.05, 0.1) is 7.11 Å². The van der Waals surface area contributed by atoms with Crippen LogP contribution in [0.2, 0.25) is 0 Å². The first-order valence-electron chi connectivity index (χ1n) is 5.81. The molecule has 0 atom stereocenters. The highest BCUT2D eigenvalue weighted by Gasteiger charge is 2.06. The summed E-state index contributed by atoms with van der Waals surface area (Å²) in [5.74, 6) is 1.53. The van der Waals surface area contributed by atoms with Crippen LogP contribution in [0, 0.1) is 0 Å². The van der Waals surface area contributed by atoms with Crippen LogP contribution in [-0.2, 0) is 0 Å². The van der Waals surface area contributed by atoms with E-state index in [4.69, 9.17) is 4.74 Å². The molecule has 0 heterocycles. The van der Waals surface area contributed by atoms with Gasteiger partial charge in [-0.2, -0.15) is 0 Å². The summed E-state index contributed by atoms with van der Waals surface area (Å²) in [4.78, 5) is 1.20. The van der Waals surface area contributed by atoms with Crippen molar-refractivity contribution in [2.75, 3.05) is 13.4 Å². The number of ether oxygens (including phenoxy) is 1. The Balaban J connectivity index is 2.62. The Kier molecular flexibility index (Phi) is 3.63. The molecule has 0 N–H and O–H groups in total. The van der Waals surface area contributed by atoms with Gasteiger partial charge < -0.3 is 4.74 Å². The number of rotatable bonds is 3. The van der Waals surface area contributed by atoms with Crippen LogP contribution in [0.4, 0.5) is 0 Å². The fraction of sp³-hybridized carbons (Fsp3) is 0.333. The van der Waals surface area contributed by atoms with E-state index >= 15 is 0 Å². The van der Waals surface area contributed by atoms with Gasteiger partial charge in [0.25, 0.3) is 0 Å². The Morgan fingerprint density at radius 2 is 1.82 bits per heavy atom. The number of fused-ring (bicyclic) bond motifs is 1. The third-order valence-electron chi connectivity index (χ3n) is 3.03. The monoisotopic (exact) mass is 246 g/mol. The molecule has 0 bridgehead atoms. The fourth-order valence-corrected chi connectivity index (χ4v) is 2.54. The van der Waals surface area contributed by atoms with Gasteiger partial charge in [-0.25, -0.2) is 0 Å². The predicted octanol–water partition coefficient (Wildman–Crippen LogP) is 4.69. The molecule has 0 saturated heterocycles. The average Bonchev–Trinajstić information content (AvgIpc) is 2.36. The first kappa shape index (κ1) is 12.3. The van der Waals surface area contributed by atoms with Crippen LogP contribution in [0.1, 0.15) is 25.3 Å². The minimum Gasteiger partial charge on any atom is -0.496 e. The molecule has 0 aliphatic rings. The summed E-state index contributed by atoms with van der Waals surface area (Å²) >= 11 is 1.72. The second-order valence-electron chi connectivity index (χ2n) is 4.47. The molecule has 0 aliphatic carbocycles. The number of thioether (sulfide) groups is 1. The zero-order valence-corrected chi connectivity index (χ0v) is 11.6. The van der Waals surface area contributed by atoms with Crippen LogP contribution in [0.15, 0.2) is 35.2 Å². The minimum atomic E-state index is 0.569. The zero-order chi connectivity index (χ0) is 12.4. The quantitative estimate of drug-likeness (QED) is 0.726. The Labute approximate surface area is 107 Å². The summed E-state index contributed by atoms with van der Waals surface area (Å²) in [6, 6.07) is 11.0. The van der Waals surface area contributed by atoms with Crippen molar-refractivity contribution in [3.05, 3.63) is 35.9 Å². The maximum absolute atomic E-state index is 5.40. The van der Waals surface area contributed by atoms with Gasteiger partial charge >= 0.3 is 0 Å². The normalized spacial score (nSPS) is 11.1. The molecule has 1 nitrogen and oxygen atoms in total. The molecule has 2 aromatic carbocycles. The molecule has 0 aliphatic heterocycles. The van der Waals surface area contributed by atoms with Crippen LogP contribution >= 0.6 is 11.8 Å². The Hall–Kier alpha value is -1.15. The van der Waals surface area contributed by atoms with E-state index in [1.54, 1.807) is 18.9 Å². The number of methoxy groups -OCH3 is 1. The molecule has 0 unspecified atom stereocenters.